The van der Waals surface area contributed by atoms with E-state index in [1.165, 1.54) is 37.3 Å². The summed E-state index contributed by atoms with van der Waals surface area (Å²) in [6.07, 6.45) is 3.93. The van der Waals surface area contributed by atoms with Crippen LogP contribution in [0.2, 0.25) is 0 Å². The quantitative estimate of drug-likeness (QED) is 0.275. The van der Waals surface area contributed by atoms with E-state index in [1.807, 2.05) is 31.2 Å². The van der Waals surface area contributed by atoms with Crippen molar-refractivity contribution in [2.45, 2.75) is 63.1 Å². The van der Waals surface area contributed by atoms with Gasteiger partial charge in [0.25, 0.3) is 10.0 Å². The van der Waals surface area contributed by atoms with Crippen LogP contribution in [0, 0.1) is 6.92 Å². The summed E-state index contributed by atoms with van der Waals surface area (Å²) >= 11 is 3.43. The minimum absolute atomic E-state index is 0.0648. The molecule has 1 unspecified atom stereocenters. The van der Waals surface area contributed by atoms with E-state index in [0.717, 1.165) is 45.6 Å². The molecule has 3 aromatic rings. The number of ether oxygens (including phenoxy) is 2. The maximum Gasteiger partial charge on any atom is 0.264 e. The van der Waals surface area contributed by atoms with Crippen molar-refractivity contribution < 1.29 is 27.5 Å². The first kappa shape index (κ1) is 32.3. The zero-order valence-electron chi connectivity index (χ0n) is 24.9. The molecule has 9 nitrogen and oxygen atoms in total. The molecular weight excluding hydrogens is 634 g/mol. The number of nitrogens with zero attached hydrogens (tertiary/aromatic N) is 2. The molecule has 230 valence electrons. The van der Waals surface area contributed by atoms with E-state index in [2.05, 4.69) is 21.2 Å². The van der Waals surface area contributed by atoms with Crippen molar-refractivity contribution in [1.82, 2.24) is 10.2 Å². The molecule has 1 aliphatic carbocycles. The number of benzene rings is 3. The average molecular weight is 673 g/mol. The van der Waals surface area contributed by atoms with Gasteiger partial charge in [-0.2, -0.15) is 0 Å². The summed E-state index contributed by atoms with van der Waals surface area (Å²) in [6, 6.07) is 17.9. The van der Waals surface area contributed by atoms with Crippen molar-refractivity contribution in [3.05, 3.63) is 82.3 Å². The topological polar surface area (TPSA) is 105 Å². The molecule has 11 heteroatoms. The van der Waals surface area contributed by atoms with Gasteiger partial charge in [0.15, 0.2) is 11.5 Å². The molecule has 0 spiro atoms. The van der Waals surface area contributed by atoms with E-state index in [0.29, 0.717) is 11.4 Å². The van der Waals surface area contributed by atoms with E-state index in [-0.39, 0.29) is 29.1 Å². The Morgan fingerprint density at radius 1 is 0.953 bits per heavy atom. The van der Waals surface area contributed by atoms with Crippen molar-refractivity contribution in [3.63, 3.8) is 0 Å². The van der Waals surface area contributed by atoms with Crippen LogP contribution in [0.4, 0.5) is 5.69 Å². The molecule has 2 amide bonds. The number of halogens is 1. The van der Waals surface area contributed by atoms with Gasteiger partial charge in [0.2, 0.25) is 11.8 Å². The van der Waals surface area contributed by atoms with Crippen LogP contribution in [0.5, 0.6) is 11.5 Å². The number of hydrogen-bond donors (Lipinski definition) is 1. The number of anilines is 1. The summed E-state index contributed by atoms with van der Waals surface area (Å²) in [7, 11) is -1.36. The SMILES string of the molecule is COc1ccc(S(=O)(=O)N(CC(=O)N(Cc2ccc(Br)cc2)C(C)C(=O)NC2CCCC2)c2ccc(C)cc2)cc1OC. The molecule has 0 aromatic heterocycles. The van der Waals surface area contributed by atoms with E-state index in [4.69, 9.17) is 9.47 Å². The highest BCUT2D eigenvalue weighted by Crippen LogP contribution is 2.32. The minimum Gasteiger partial charge on any atom is -0.493 e. The first-order valence-corrected chi connectivity index (χ1v) is 16.4. The molecule has 1 aliphatic rings. The highest BCUT2D eigenvalue weighted by atomic mass is 79.9. The first-order valence-electron chi connectivity index (χ1n) is 14.2. The van der Waals surface area contributed by atoms with Gasteiger partial charge in [0, 0.05) is 23.1 Å². The fourth-order valence-electron chi connectivity index (χ4n) is 5.11. The molecule has 0 radical (unpaired) electrons. The van der Waals surface area contributed by atoms with Gasteiger partial charge in [-0.1, -0.05) is 58.6 Å². The van der Waals surface area contributed by atoms with Crippen LogP contribution in [-0.4, -0.2) is 58.0 Å². The second-order valence-corrected chi connectivity index (χ2v) is 13.5. The van der Waals surface area contributed by atoms with Crippen molar-refractivity contribution in [1.29, 1.82) is 0 Å². The Bertz CT molecular complexity index is 1520. The van der Waals surface area contributed by atoms with E-state index >= 15 is 0 Å². The highest BCUT2D eigenvalue weighted by Gasteiger charge is 2.33. The fraction of sp³-hybridized carbons (Fsp3) is 0.375. The van der Waals surface area contributed by atoms with Crippen molar-refractivity contribution in [3.8, 4) is 11.5 Å². The molecule has 1 fully saturated rings. The molecule has 1 N–H and O–H groups in total. The summed E-state index contributed by atoms with van der Waals surface area (Å²) in [6.45, 7) is 3.19. The molecular formula is C32H38BrN3O6S. The van der Waals surface area contributed by atoms with Gasteiger partial charge in [0.05, 0.1) is 24.8 Å². The largest absolute Gasteiger partial charge is 0.493 e. The van der Waals surface area contributed by atoms with Gasteiger partial charge in [-0.15, -0.1) is 0 Å². The number of rotatable bonds is 12. The molecule has 0 bridgehead atoms. The van der Waals surface area contributed by atoms with E-state index < -0.39 is 28.5 Å². The predicted octanol–water partition coefficient (Wildman–Crippen LogP) is 5.45. The summed E-state index contributed by atoms with van der Waals surface area (Å²) in [4.78, 5) is 28.9. The first-order chi connectivity index (χ1) is 20.5. The van der Waals surface area contributed by atoms with Crippen LogP contribution < -0.4 is 19.1 Å². The standard InChI is InChI=1S/C32H38BrN3O6S/c1-22-9-15-27(16-10-22)36(43(39,40)28-17-18-29(41-3)30(19-28)42-4)21-31(37)35(20-24-11-13-25(33)14-12-24)23(2)32(38)34-26-7-5-6-8-26/h9-19,23,26H,5-8,20-21H2,1-4H3,(H,34,38). The Hall–Kier alpha value is -3.57. The summed E-state index contributed by atoms with van der Waals surface area (Å²) in [5, 5.41) is 3.08. The number of aryl methyl sites for hydroxylation is 1. The number of methoxy groups -OCH3 is 2. The second-order valence-electron chi connectivity index (χ2n) is 10.7. The van der Waals surface area contributed by atoms with Crippen molar-refractivity contribution in [2.75, 3.05) is 25.1 Å². The Labute approximate surface area is 262 Å². The zero-order chi connectivity index (χ0) is 31.1. The van der Waals surface area contributed by atoms with E-state index in [9.17, 15) is 18.0 Å². The fourth-order valence-corrected chi connectivity index (χ4v) is 6.80. The van der Waals surface area contributed by atoms with E-state index in [1.54, 1.807) is 31.2 Å². The molecule has 0 heterocycles. The van der Waals surface area contributed by atoms with Crippen LogP contribution in [0.1, 0.15) is 43.7 Å². The monoisotopic (exact) mass is 671 g/mol. The van der Waals surface area contributed by atoms with Crippen LogP contribution in [0.25, 0.3) is 0 Å². The average Bonchev–Trinajstić information content (AvgIpc) is 3.52. The Morgan fingerprint density at radius 3 is 2.19 bits per heavy atom. The van der Waals surface area contributed by atoms with Crippen LogP contribution in [-0.2, 0) is 26.2 Å². The zero-order valence-corrected chi connectivity index (χ0v) is 27.3. The normalized spacial score (nSPS) is 14.2. The van der Waals surface area contributed by atoms with Gasteiger partial charge in [-0.05, 0) is 68.7 Å². The maximum atomic E-state index is 14.1. The molecule has 4 rings (SSSR count). The van der Waals surface area contributed by atoms with Crippen LogP contribution >= 0.6 is 15.9 Å². The lowest BCUT2D eigenvalue weighted by Gasteiger charge is -2.32. The highest BCUT2D eigenvalue weighted by molar-refractivity contribution is 9.10. The third-order valence-electron chi connectivity index (χ3n) is 7.68. The lowest BCUT2D eigenvalue weighted by Crippen LogP contribution is -2.52. The van der Waals surface area contributed by atoms with Gasteiger partial charge in [-0.25, -0.2) is 8.42 Å². The number of sulfonamides is 1. The molecule has 1 atom stereocenters. The number of nitrogens with one attached hydrogen (secondary N) is 1. The lowest BCUT2D eigenvalue weighted by molar-refractivity contribution is -0.139. The number of carbonyl (C=O) groups is 2. The summed E-state index contributed by atoms with van der Waals surface area (Å²) in [5.74, 6) is -0.154. The van der Waals surface area contributed by atoms with Gasteiger partial charge in [-0.3, -0.25) is 13.9 Å². The number of amides is 2. The summed E-state index contributed by atoms with van der Waals surface area (Å²) in [5.41, 5.74) is 2.06. The Morgan fingerprint density at radius 2 is 1.58 bits per heavy atom. The lowest BCUT2D eigenvalue weighted by atomic mass is 10.1. The van der Waals surface area contributed by atoms with Gasteiger partial charge >= 0.3 is 0 Å². The third-order valence-corrected chi connectivity index (χ3v) is 9.98. The molecule has 3 aromatic carbocycles. The molecule has 0 aliphatic heterocycles. The van der Waals surface area contributed by atoms with Crippen molar-refractivity contribution in [2.24, 2.45) is 0 Å². The molecule has 43 heavy (non-hydrogen) atoms. The summed E-state index contributed by atoms with van der Waals surface area (Å²) < 4.78 is 40.9. The molecule has 1 saturated carbocycles. The Balaban J connectivity index is 1.71. The van der Waals surface area contributed by atoms with Crippen molar-refractivity contribution >= 4 is 43.5 Å². The van der Waals surface area contributed by atoms with Crippen LogP contribution in [0.3, 0.4) is 0 Å². The smallest absolute Gasteiger partial charge is 0.264 e. The minimum atomic E-state index is -4.25. The second kappa shape index (κ2) is 14.3. The number of hydrogen-bond acceptors (Lipinski definition) is 6. The Kier molecular flexibility index (Phi) is 10.7. The maximum absolute atomic E-state index is 14.1. The third kappa shape index (κ3) is 7.88. The van der Waals surface area contributed by atoms with Gasteiger partial charge < -0.3 is 19.7 Å². The molecule has 0 saturated heterocycles. The predicted molar refractivity (Wildman–Crippen MR) is 170 cm³/mol. The van der Waals surface area contributed by atoms with Crippen LogP contribution in [0.15, 0.2) is 76.1 Å². The number of carbonyl (C=O) groups excluding carboxylic acids is 2. The van der Waals surface area contributed by atoms with Gasteiger partial charge in [0.1, 0.15) is 12.6 Å².